The summed E-state index contributed by atoms with van der Waals surface area (Å²) in [5, 5.41) is 0.569. The molecule has 0 amide bonds. The fourth-order valence-electron chi connectivity index (χ4n) is 1.56. The Labute approximate surface area is 123 Å². The van der Waals surface area contributed by atoms with Crippen LogP contribution in [0.1, 0.15) is 11.1 Å². The zero-order chi connectivity index (χ0) is 13.8. The summed E-state index contributed by atoms with van der Waals surface area (Å²) in [6.45, 7) is 0.0151. The van der Waals surface area contributed by atoms with Gasteiger partial charge in [-0.05, 0) is 23.8 Å². The molecule has 0 aliphatic heterocycles. The Hall–Kier alpha value is -1.13. The van der Waals surface area contributed by atoms with Gasteiger partial charge >= 0.3 is 0 Å². The van der Waals surface area contributed by atoms with Gasteiger partial charge in [0.25, 0.3) is 0 Å². The first kappa shape index (κ1) is 14.3. The summed E-state index contributed by atoms with van der Waals surface area (Å²) in [4.78, 5) is 0. The minimum absolute atomic E-state index is 0.0000125. The van der Waals surface area contributed by atoms with Crippen molar-refractivity contribution in [2.75, 3.05) is 0 Å². The van der Waals surface area contributed by atoms with E-state index >= 15 is 0 Å². The lowest BCUT2D eigenvalue weighted by atomic mass is 10.2. The molecule has 0 aromatic heterocycles. The molecule has 2 rings (SSSR count). The van der Waals surface area contributed by atoms with Crippen LogP contribution >= 0.6 is 27.5 Å². The Morgan fingerprint density at radius 1 is 1.11 bits per heavy atom. The molecule has 0 aliphatic carbocycles. The molecule has 0 spiro atoms. The van der Waals surface area contributed by atoms with Crippen LogP contribution in [0.25, 0.3) is 0 Å². The normalized spacial score (nSPS) is 10.5. The third-order valence-electron chi connectivity index (χ3n) is 2.57. The molecule has 0 bridgehead atoms. The van der Waals surface area contributed by atoms with E-state index < -0.39 is 11.6 Å². The van der Waals surface area contributed by atoms with Crippen LogP contribution in [0.4, 0.5) is 8.78 Å². The lowest BCUT2D eigenvalue weighted by Crippen LogP contribution is -1.99. The summed E-state index contributed by atoms with van der Waals surface area (Å²) in [6.07, 6.45) is 0. The molecule has 100 valence electrons. The molecule has 0 radical (unpaired) electrons. The number of benzene rings is 2. The average molecular weight is 348 g/mol. The molecule has 0 unspecified atom stereocenters. The standard InChI is InChI=1S/C14H10BrClF2O/c15-7-9-4-5-13(12(18)6-9)19-8-10-2-1-3-11(17)14(10)16/h1-6H,7-8H2. The molecule has 2 aromatic carbocycles. The molecule has 0 N–H and O–H groups in total. The predicted molar refractivity (Wildman–Crippen MR) is 74.8 cm³/mol. The van der Waals surface area contributed by atoms with Crippen LogP contribution in [0, 0.1) is 11.6 Å². The van der Waals surface area contributed by atoms with Crippen molar-refractivity contribution >= 4 is 27.5 Å². The lowest BCUT2D eigenvalue weighted by molar-refractivity contribution is 0.289. The average Bonchev–Trinajstić information content (AvgIpc) is 2.41. The van der Waals surface area contributed by atoms with Gasteiger partial charge in [0.15, 0.2) is 11.6 Å². The maximum atomic E-state index is 13.7. The van der Waals surface area contributed by atoms with Crippen LogP contribution in [-0.4, -0.2) is 0 Å². The fraction of sp³-hybridized carbons (Fsp3) is 0.143. The predicted octanol–water partition coefficient (Wildman–Crippen LogP) is 5.09. The van der Waals surface area contributed by atoms with E-state index in [0.717, 1.165) is 5.56 Å². The van der Waals surface area contributed by atoms with Crippen molar-refractivity contribution in [1.29, 1.82) is 0 Å². The van der Waals surface area contributed by atoms with Crippen LogP contribution < -0.4 is 4.74 Å². The molecule has 0 heterocycles. The second kappa shape index (κ2) is 6.35. The Morgan fingerprint density at radius 3 is 2.58 bits per heavy atom. The molecule has 0 saturated carbocycles. The van der Waals surface area contributed by atoms with Gasteiger partial charge in [0, 0.05) is 10.9 Å². The highest BCUT2D eigenvalue weighted by Crippen LogP contribution is 2.24. The summed E-state index contributed by atoms with van der Waals surface area (Å²) in [5.41, 5.74) is 1.29. The second-order valence-electron chi connectivity index (χ2n) is 3.90. The van der Waals surface area contributed by atoms with Crippen molar-refractivity contribution in [3.8, 4) is 5.75 Å². The number of rotatable bonds is 4. The number of ether oxygens (including phenoxy) is 1. The molecule has 2 aromatic rings. The van der Waals surface area contributed by atoms with Crippen LogP contribution in [0.2, 0.25) is 5.02 Å². The van der Waals surface area contributed by atoms with Crippen LogP contribution in [0.15, 0.2) is 36.4 Å². The van der Waals surface area contributed by atoms with Gasteiger partial charge < -0.3 is 4.74 Å². The number of hydrogen-bond acceptors (Lipinski definition) is 1. The first-order chi connectivity index (χ1) is 9.11. The second-order valence-corrected chi connectivity index (χ2v) is 4.84. The molecular formula is C14H10BrClF2O. The van der Waals surface area contributed by atoms with Gasteiger partial charge in [0.1, 0.15) is 12.4 Å². The summed E-state index contributed by atoms with van der Waals surface area (Å²) >= 11 is 9.03. The zero-order valence-corrected chi connectivity index (χ0v) is 12.1. The van der Waals surface area contributed by atoms with Crippen LogP contribution in [-0.2, 0) is 11.9 Å². The molecule has 0 saturated heterocycles. The number of halogens is 4. The van der Waals surface area contributed by atoms with E-state index in [9.17, 15) is 8.78 Å². The highest BCUT2D eigenvalue weighted by molar-refractivity contribution is 9.08. The van der Waals surface area contributed by atoms with E-state index in [-0.39, 0.29) is 17.4 Å². The third kappa shape index (κ3) is 3.45. The maximum Gasteiger partial charge on any atom is 0.165 e. The van der Waals surface area contributed by atoms with Gasteiger partial charge in [-0.3, -0.25) is 0 Å². The fourth-order valence-corrected chi connectivity index (χ4v) is 2.09. The van der Waals surface area contributed by atoms with Gasteiger partial charge in [0.2, 0.25) is 0 Å². The first-order valence-corrected chi connectivity index (χ1v) is 7.02. The van der Waals surface area contributed by atoms with E-state index in [4.69, 9.17) is 16.3 Å². The van der Waals surface area contributed by atoms with Gasteiger partial charge in [0.05, 0.1) is 5.02 Å². The summed E-state index contributed by atoms with van der Waals surface area (Å²) in [6, 6.07) is 9.11. The molecule has 19 heavy (non-hydrogen) atoms. The van der Waals surface area contributed by atoms with Gasteiger partial charge in [-0.25, -0.2) is 8.78 Å². The van der Waals surface area contributed by atoms with Crippen LogP contribution in [0.5, 0.6) is 5.75 Å². The minimum atomic E-state index is -0.516. The topological polar surface area (TPSA) is 9.23 Å². The molecule has 0 fully saturated rings. The monoisotopic (exact) mass is 346 g/mol. The SMILES string of the molecule is Fc1cc(CBr)ccc1OCc1cccc(F)c1Cl. The summed E-state index contributed by atoms with van der Waals surface area (Å²) in [5.74, 6) is -0.854. The molecule has 1 nitrogen and oxygen atoms in total. The highest BCUT2D eigenvalue weighted by Gasteiger charge is 2.08. The Bertz CT molecular complexity index is 590. The largest absolute Gasteiger partial charge is 0.486 e. The third-order valence-corrected chi connectivity index (χ3v) is 3.64. The number of alkyl halides is 1. The van der Waals surface area contributed by atoms with Gasteiger partial charge in [-0.2, -0.15) is 0 Å². The molecule has 0 aliphatic rings. The van der Waals surface area contributed by atoms with E-state index in [0.29, 0.717) is 10.9 Å². The highest BCUT2D eigenvalue weighted by atomic mass is 79.9. The Morgan fingerprint density at radius 2 is 1.89 bits per heavy atom. The van der Waals surface area contributed by atoms with E-state index in [1.807, 2.05) is 0 Å². The quantitative estimate of drug-likeness (QED) is 0.700. The van der Waals surface area contributed by atoms with Gasteiger partial charge in [-0.15, -0.1) is 0 Å². The minimum Gasteiger partial charge on any atom is -0.486 e. The van der Waals surface area contributed by atoms with Crippen LogP contribution in [0.3, 0.4) is 0 Å². The maximum absolute atomic E-state index is 13.7. The first-order valence-electron chi connectivity index (χ1n) is 5.52. The molecular weight excluding hydrogens is 338 g/mol. The van der Waals surface area contributed by atoms with Crippen molar-refractivity contribution in [2.24, 2.45) is 0 Å². The van der Waals surface area contributed by atoms with Crippen molar-refractivity contribution in [3.05, 3.63) is 64.2 Å². The van der Waals surface area contributed by atoms with E-state index in [1.165, 1.54) is 18.2 Å². The smallest absolute Gasteiger partial charge is 0.165 e. The Kier molecular flexibility index (Phi) is 4.77. The molecule has 0 atom stereocenters. The van der Waals surface area contributed by atoms with E-state index in [1.54, 1.807) is 18.2 Å². The lowest BCUT2D eigenvalue weighted by Gasteiger charge is -2.09. The number of hydrogen-bond donors (Lipinski definition) is 0. The summed E-state index contributed by atoms with van der Waals surface area (Å²) in [7, 11) is 0. The van der Waals surface area contributed by atoms with Crippen molar-refractivity contribution in [1.82, 2.24) is 0 Å². The Balaban J connectivity index is 2.12. The molecule has 5 heteroatoms. The van der Waals surface area contributed by atoms with Crippen molar-refractivity contribution < 1.29 is 13.5 Å². The summed E-state index contributed by atoms with van der Waals surface area (Å²) < 4.78 is 32.2. The van der Waals surface area contributed by atoms with E-state index in [2.05, 4.69) is 15.9 Å². The van der Waals surface area contributed by atoms with Crippen molar-refractivity contribution in [3.63, 3.8) is 0 Å². The van der Waals surface area contributed by atoms with Crippen molar-refractivity contribution in [2.45, 2.75) is 11.9 Å². The zero-order valence-electron chi connectivity index (χ0n) is 9.80. The van der Waals surface area contributed by atoms with Gasteiger partial charge in [-0.1, -0.05) is 45.7 Å².